The summed E-state index contributed by atoms with van der Waals surface area (Å²) in [5.41, 5.74) is 0. The van der Waals surface area contributed by atoms with Gasteiger partial charge in [0.2, 0.25) is 0 Å². The van der Waals surface area contributed by atoms with Crippen LogP contribution in [0.4, 0.5) is 0 Å². The fourth-order valence-electron chi connectivity index (χ4n) is 0.925. The van der Waals surface area contributed by atoms with Gasteiger partial charge in [0.1, 0.15) is 0 Å². The van der Waals surface area contributed by atoms with Crippen LogP contribution in [-0.2, 0) is 0 Å². The maximum atomic E-state index is 5.32. The Hall–Kier alpha value is -0.960. The lowest BCUT2D eigenvalue weighted by Crippen LogP contribution is -1.94. The van der Waals surface area contributed by atoms with Crippen molar-refractivity contribution in [3.05, 3.63) is 18.2 Å². The minimum absolute atomic E-state index is 0.620. The molecule has 0 fully saturated rings. The van der Waals surface area contributed by atoms with Crippen LogP contribution in [0.25, 0.3) is 0 Å². The van der Waals surface area contributed by atoms with E-state index in [-0.39, 0.29) is 0 Å². The SMILES string of the molecule is CCOc1cc([S])ccc1OC. The molecule has 0 N–H and O–H groups in total. The second-order valence-corrected chi connectivity index (χ2v) is 2.72. The van der Waals surface area contributed by atoms with Gasteiger partial charge in [-0.05, 0) is 19.1 Å². The minimum Gasteiger partial charge on any atom is -0.493 e. The van der Waals surface area contributed by atoms with Gasteiger partial charge in [-0.2, -0.15) is 0 Å². The molecule has 12 heavy (non-hydrogen) atoms. The van der Waals surface area contributed by atoms with E-state index < -0.39 is 0 Å². The normalized spacial score (nSPS) is 9.50. The van der Waals surface area contributed by atoms with Crippen molar-refractivity contribution in [3.63, 3.8) is 0 Å². The number of rotatable bonds is 3. The van der Waals surface area contributed by atoms with Crippen LogP contribution in [0.15, 0.2) is 23.1 Å². The van der Waals surface area contributed by atoms with Crippen LogP contribution < -0.4 is 9.47 Å². The lowest BCUT2D eigenvalue weighted by atomic mass is 10.3. The van der Waals surface area contributed by atoms with Crippen molar-refractivity contribution in [1.82, 2.24) is 0 Å². The second kappa shape index (κ2) is 4.16. The lowest BCUT2D eigenvalue weighted by molar-refractivity contribution is 0.310. The van der Waals surface area contributed by atoms with Gasteiger partial charge in [-0.3, -0.25) is 0 Å². The summed E-state index contributed by atoms with van der Waals surface area (Å²) in [4.78, 5) is 0.763. The number of hydrogen-bond acceptors (Lipinski definition) is 2. The van der Waals surface area contributed by atoms with Gasteiger partial charge in [0.25, 0.3) is 0 Å². The summed E-state index contributed by atoms with van der Waals surface area (Å²) in [7, 11) is 1.61. The van der Waals surface area contributed by atoms with Gasteiger partial charge in [-0.15, -0.1) is 0 Å². The predicted octanol–water partition coefficient (Wildman–Crippen LogP) is 2.65. The number of methoxy groups -OCH3 is 1. The first-order valence-corrected chi connectivity index (χ1v) is 4.16. The lowest BCUT2D eigenvalue weighted by Gasteiger charge is -2.08. The zero-order valence-electron chi connectivity index (χ0n) is 7.16. The molecule has 0 unspecified atom stereocenters. The third kappa shape index (κ3) is 2.01. The molecular formula is C9H11O2S. The molecule has 0 aliphatic rings. The minimum atomic E-state index is 0.620. The summed E-state index contributed by atoms with van der Waals surface area (Å²) >= 11 is 4.99. The van der Waals surface area contributed by atoms with Crippen LogP contribution in [-0.4, -0.2) is 13.7 Å². The van der Waals surface area contributed by atoms with Gasteiger partial charge < -0.3 is 9.47 Å². The number of hydrogen-bond donors (Lipinski definition) is 0. The molecule has 0 spiro atoms. The van der Waals surface area contributed by atoms with Gasteiger partial charge in [0.15, 0.2) is 11.5 Å². The summed E-state index contributed by atoms with van der Waals surface area (Å²) in [6.07, 6.45) is 0. The zero-order chi connectivity index (χ0) is 8.97. The Balaban J connectivity index is 2.95. The summed E-state index contributed by atoms with van der Waals surface area (Å²) in [6.45, 7) is 2.55. The van der Waals surface area contributed by atoms with E-state index in [0.29, 0.717) is 12.4 Å². The van der Waals surface area contributed by atoms with E-state index in [4.69, 9.17) is 22.1 Å². The molecule has 0 aliphatic carbocycles. The summed E-state index contributed by atoms with van der Waals surface area (Å²) in [5, 5.41) is 0. The summed E-state index contributed by atoms with van der Waals surface area (Å²) < 4.78 is 10.4. The second-order valence-electron chi connectivity index (χ2n) is 2.25. The quantitative estimate of drug-likeness (QED) is 0.717. The van der Waals surface area contributed by atoms with E-state index in [1.165, 1.54) is 0 Å². The van der Waals surface area contributed by atoms with Crippen molar-refractivity contribution in [1.29, 1.82) is 0 Å². The van der Waals surface area contributed by atoms with Gasteiger partial charge in [-0.1, -0.05) is 12.6 Å². The third-order valence-corrected chi connectivity index (χ3v) is 1.69. The Morgan fingerprint density at radius 2 is 2.08 bits per heavy atom. The van der Waals surface area contributed by atoms with E-state index in [9.17, 15) is 0 Å². The zero-order valence-corrected chi connectivity index (χ0v) is 7.98. The topological polar surface area (TPSA) is 18.5 Å². The third-order valence-electron chi connectivity index (χ3n) is 1.43. The molecule has 0 aliphatic heterocycles. The average molecular weight is 183 g/mol. The van der Waals surface area contributed by atoms with Crippen LogP contribution in [0.3, 0.4) is 0 Å². The van der Waals surface area contributed by atoms with Crippen molar-refractivity contribution in [3.8, 4) is 11.5 Å². The number of ether oxygens (including phenoxy) is 2. The van der Waals surface area contributed by atoms with E-state index in [1.54, 1.807) is 13.2 Å². The van der Waals surface area contributed by atoms with E-state index in [1.807, 2.05) is 19.1 Å². The predicted molar refractivity (Wildman–Crippen MR) is 50.0 cm³/mol. The van der Waals surface area contributed by atoms with Crippen LogP contribution in [0, 0.1) is 0 Å². The van der Waals surface area contributed by atoms with Gasteiger partial charge in [0.05, 0.1) is 13.7 Å². The monoisotopic (exact) mass is 183 g/mol. The van der Waals surface area contributed by atoms with Crippen LogP contribution in [0.5, 0.6) is 11.5 Å². The van der Waals surface area contributed by atoms with Crippen molar-refractivity contribution in [2.45, 2.75) is 11.8 Å². The fourth-order valence-corrected chi connectivity index (χ4v) is 1.10. The summed E-state index contributed by atoms with van der Waals surface area (Å²) in [5.74, 6) is 1.44. The highest BCUT2D eigenvalue weighted by molar-refractivity contribution is 7.80. The Kier molecular flexibility index (Phi) is 3.17. The molecule has 0 heterocycles. The van der Waals surface area contributed by atoms with Gasteiger partial charge in [0, 0.05) is 11.0 Å². The molecule has 0 saturated carbocycles. The smallest absolute Gasteiger partial charge is 0.162 e. The molecule has 0 aromatic heterocycles. The maximum absolute atomic E-state index is 5.32. The molecule has 0 bridgehead atoms. The Morgan fingerprint density at radius 3 is 2.67 bits per heavy atom. The molecule has 2 nitrogen and oxygen atoms in total. The van der Waals surface area contributed by atoms with Gasteiger partial charge in [-0.25, -0.2) is 0 Å². The van der Waals surface area contributed by atoms with Crippen LogP contribution in [0.1, 0.15) is 6.92 Å². The van der Waals surface area contributed by atoms with Crippen molar-refractivity contribution in [2.75, 3.05) is 13.7 Å². The first-order valence-electron chi connectivity index (χ1n) is 3.75. The molecule has 1 aromatic rings. The van der Waals surface area contributed by atoms with Gasteiger partial charge >= 0.3 is 0 Å². The largest absolute Gasteiger partial charge is 0.493 e. The van der Waals surface area contributed by atoms with Crippen molar-refractivity contribution < 1.29 is 9.47 Å². The number of benzene rings is 1. The van der Waals surface area contributed by atoms with E-state index in [2.05, 4.69) is 0 Å². The van der Waals surface area contributed by atoms with Crippen LogP contribution >= 0.6 is 12.6 Å². The molecule has 0 saturated heterocycles. The molecule has 0 amide bonds. The molecule has 3 heteroatoms. The highest BCUT2D eigenvalue weighted by Gasteiger charge is 2.02. The Bertz CT molecular complexity index is 261. The van der Waals surface area contributed by atoms with Crippen LogP contribution in [0.2, 0.25) is 0 Å². The first-order chi connectivity index (χ1) is 5.77. The molecule has 0 atom stereocenters. The molecular weight excluding hydrogens is 172 g/mol. The Labute approximate surface area is 77.9 Å². The molecule has 1 radical (unpaired) electrons. The van der Waals surface area contributed by atoms with E-state index >= 15 is 0 Å². The van der Waals surface area contributed by atoms with Crippen molar-refractivity contribution >= 4 is 12.6 Å². The maximum Gasteiger partial charge on any atom is 0.162 e. The molecule has 65 valence electrons. The Morgan fingerprint density at radius 1 is 1.33 bits per heavy atom. The summed E-state index contributed by atoms with van der Waals surface area (Å²) in [6, 6.07) is 5.42. The highest BCUT2D eigenvalue weighted by Crippen LogP contribution is 2.28. The molecule has 1 aromatic carbocycles. The fraction of sp³-hybridized carbons (Fsp3) is 0.333. The molecule has 1 rings (SSSR count). The average Bonchev–Trinajstić information content (AvgIpc) is 2.05. The highest BCUT2D eigenvalue weighted by atomic mass is 32.1. The standard InChI is InChI=1S/C9H11O2S/c1-3-11-9-6-7(12)4-5-8(9)10-2/h4-6H,3H2,1-2H3. The first kappa shape index (κ1) is 9.13. The van der Waals surface area contributed by atoms with E-state index in [0.717, 1.165) is 10.6 Å². The van der Waals surface area contributed by atoms with Crippen molar-refractivity contribution in [2.24, 2.45) is 0 Å².